The molecule has 2 saturated carbocycles. The summed E-state index contributed by atoms with van der Waals surface area (Å²) in [5.74, 6) is 3.23. The van der Waals surface area contributed by atoms with Gasteiger partial charge in [-0.05, 0) is 49.9 Å². The minimum atomic E-state index is 0.984. The Morgan fingerprint density at radius 3 is 2.09 bits per heavy atom. The van der Waals surface area contributed by atoms with Crippen molar-refractivity contribution in [2.75, 3.05) is 13.7 Å². The van der Waals surface area contributed by atoms with Crippen LogP contribution in [0.1, 0.15) is 32.1 Å². The lowest BCUT2D eigenvalue weighted by Crippen LogP contribution is -2.08. The van der Waals surface area contributed by atoms with E-state index in [0.717, 1.165) is 24.4 Å². The second-order valence-electron chi connectivity index (χ2n) is 4.12. The van der Waals surface area contributed by atoms with Crippen molar-refractivity contribution in [2.24, 2.45) is 17.8 Å². The first-order valence-electron chi connectivity index (χ1n) is 4.90. The first kappa shape index (κ1) is 7.60. The Labute approximate surface area is 69.1 Å². The Hall–Kier alpha value is -0.0400. The van der Waals surface area contributed by atoms with Gasteiger partial charge in [-0.25, -0.2) is 0 Å². The molecule has 11 heavy (non-hydrogen) atoms. The Bertz CT molecular complexity index is 113. The average molecular weight is 154 g/mol. The van der Waals surface area contributed by atoms with Crippen LogP contribution in [-0.2, 0) is 4.74 Å². The molecular weight excluding hydrogens is 136 g/mol. The van der Waals surface area contributed by atoms with Crippen molar-refractivity contribution in [1.29, 1.82) is 0 Å². The molecule has 0 atom stereocenters. The molecule has 1 heteroatoms. The number of methoxy groups -OCH3 is 1. The van der Waals surface area contributed by atoms with Gasteiger partial charge in [0.2, 0.25) is 0 Å². The van der Waals surface area contributed by atoms with Crippen molar-refractivity contribution < 1.29 is 4.74 Å². The molecule has 0 heterocycles. The summed E-state index contributed by atoms with van der Waals surface area (Å²) in [7, 11) is 1.82. The summed E-state index contributed by atoms with van der Waals surface area (Å²) in [6.45, 7) is 0.984. The van der Waals surface area contributed by atoms with Gasteiger partial charge < -0.3 is 4.74 Å². The van der Waals surface area contributed by atoms with Crippen molar-refractivity contribution in [3.05, 3.63) is 0 Å². The largest absolute Gasteiger partial charge is 0.385 e. The van der Waals surface area contributed by atoms with E-state index in [2.05, 4.69) is 0 Å². The second-order valence-corrected chi connectivity index (χ2v) is 4.12. The maximum atomic E-state index is 5.13. The fourth-order valence-corrected chi connectivity index (χ4v) is 2.16. The van der Waals surface area contributed by atoms with E-state index < -0.39 is 0 Å². The number of hydrogen-bond donors (Lipinski definition) is 0. The molecule has 2 fully saturated rings. The molecule has 0 aromatic carbocycles. The SMILES string of the molecule is COCCC(C1CC1)C1CC1. The molecule has 2 aliphatic rings. The summed E-state index contributed by atoms with van der Waals surface area (Å²) >= 11 is 0. The highest BCUT2D eigenvalue weighted by molar-refractivity contribution is 4.91. The van der Waals surface area contributed by atoms with E-state index in [1.165, 1.54) is 32.1 Å². The van der Waals surface area contributed by atoms with Crippen LogP contribution in [-0.4, -0.2) is 13.7 Å². The van der Waals surface area contributed by atoms with Gasteiger partial charge in [0.05, 0.1) is 0 Å². The predicted octanol–water partition coefficient (Wildman–Crippen LogP) is 2.46. The molecular formula is C10H18O. The van der Waals surface area contributed by atoms with E-state index >= 15 is 0 Å². The molecule has 0 spiro atoms. The molecule has 0 aromatic rings. The molecule has 0 bridgehead atoms. The molecule has 0 saturated heterocycles. The molecule has 0 amide bonds. The van der Waals surface area contributed by atoms with Gasteiger partial charge in [0, 0.05) is 13.7 Å². The highest BCUT2D eigenvalue weighted by atomic mass is 16.5. The zero-order valence-electron chi connectivity index (χ0n) is 7.38. The number of rotatable bonds is 5. The number of ether oxygens (including phenoxy) is 1. The molecule has 2 aliphatic carbocycles. The second kappa shape index (κ2) is 3.14. The van der Waals surface area contributed by atoms with Crippen LogP contribution in [0.2, 0.25) is 0 Å². The van der Waals surface area contributed by atoms with Crippen molar-refractivity contribution in [1.82, 2.24) is 0 Å². The summed E-state index contributed by atoms with van der Waals surface area (Å²) in [4.78, 5) is 0. The summed E-state index contributed by atoms with van der Waals surface area (Å²) in [5.41, 5.74) is 0. The Balaban J connectivity index is 1.73. The zero-order chi connectivity index (χ0) is 7.68. The van der Waals surface area contributed by atoms with Gasteiger partial charge >= 0.3 is 0 Å². The fourth-order valence-electron chi connectivity index (χ4n) is 2.16. The van der Waals surface area contributed by atoms with Gasteiger partial charge in [0.1, 0.15) is 0 Å². The van der Waals surface area contributed by atoms with Crippen LogP contribution in [0.4, 0.5) is 0 Å². The van der Waals surface area contributed by atoms with E-state index in [9.17, 15) is 0 Å². The zero-order valence-corrected chi connectivity index (χ0v) is 7.38. The van der Waals surface area contributed by atoms with Crippen LogP contribution in [0.15, 0.2) is 0 Å². The third kappa shape index (κ3) is 1.96. The van der Waals surface area contributed by atoms with Crippen LogP contribution >= 0.6 is 0 Å². The molecule has 0 N–H and O–H groups in total. The maximum absolute atomic E-state index is 5.13. The fraction of sp³-hybridized carbons (Fsp3) is 1.00. The van der Waals surface area contributed by atoms with E-state index in [1.807, 2.05) is 7.11 Å². The third-order valence-corrected chi connectivity index (χ3v) is 3.11. The van der Waals surface area contributed by atoms with E-state index in [-0.39, 0.29) is 0 Å². The van der Waals surface area contributed by atoms with Gasteiger partial charge in [-0.2, -0.15) is 0 Å². The third-order valence-electron chi connectivity index (χ3n) is 3.11. The van der Waals surface area contributed by atoms with E-state index in [0.29, 0.717) is 0 Å². The Morgan fingerprint density at radius 1 is 1.18 bits per heavy atom. The van der Waals surface area contributed by atoms with Crippen molar-refractivity contribution in [3.8, 4) is 0 Å². The van der Waals surface area contributed by atoms with Crippen molar-refractivity contribution in [3.63, 3.8) is 0 Å². The maximum Gasteiger partial charge on any atom is 0.0465 e. The minimum Gasteiger partial charge on any atom is -0.385 e. The average Bonchev–Trinajstić information content (AvgIpc) is 2.85. The van der Waals surface area contributed by atoms with E-state index in [1.54, 1.807) is 0 Å². The van der Waals surface area contributed by atoms with Gasteiger partial charge in [0.15, 0.2) is 0 Å². The summed E-state index contributed by atoms with van der Waals surface area (Å²) in [5, 5.41) is 0. The smallest absolute Gasteiger partial charge is 0.0465 e. The number of hydrogen-bond acceptors (Lipinski definition) is 1. The topological polar surface area (TPSA) is 9.23 Å². The Morgan fingerprint density at radius 2 is 1.73 bits per heavy atom. The lowest BCUT2D eigenvalue weighted by Gasteiger charge is -2.13. The normalized spacial score (nSPS) is 24.5. The first-order valence-corrected chi connectivity index (χ1v) is 4.90. The van der Waals surface area contributed by atoms with Gasteiger partial charge in [-0.1, -0.05) is 0 Å². The summed E-state index contributed by atoms with van der Waals surface area (Å²) in [6, 6.07) is 0. The highest BCUT2D eigenvalue weighted by Gasteiger charge is 2.40. The standard InChI is InChI=1S/C10H18O/c1-11-7-6-10(8-2-3-8)9-4-5-9/h8-10H,2-7H2,1H3. The molecule has 0 radical (unpaired) electrons. The molecule has 0 unspecified atom stereocenters. The molecule has 2 rings (SSSR count). The summed E-state index contributed by atoms with van der Waals surface area (Å²) in [6.07, 6.45) is 7.34. The van der Waals surface area contributed by atoms with Gasteiger partial charge in [-0.15, -0.1) is 0 Å². The van der Waals surface area contributed by atoms with Crippen LogP contribution in [0.3, 0.4) is 0 Å². The lowest BCUT2D eigenvalue weighted by molar-refractivity contribution is 0.166. The molecule has 0 aliphatic heterocycles. The molecule has 0 aromatic heterocycles. The first-order chi connectivity index (χ1) is 5.42. The van der Waals surface area contributed by atoms with Crippen LogP contribution in [0.25, 0.3) is 0 Å². The lowest BCUT2D eigenvalue weighted by atomic mass is 9.95. The minimum absolute atomic E-state index is 0.984. The molecule has 1 nitrogen and oxygen atoms in total. The highest BCUT2D eigenvalue weighted by Crippen LogP contribution is 2.50. The van der Waals surface area contributed by atoms with E-state index in [4.69, 9.17) is 4.74 Å². The predicted molar refractivity (Wildman–Crippen MR) is 45.4 cm³/mol. The van der Waals surface area contributed by atoms with Crippen molar-refractivity contribution >= 4 is 0 Å². The monoisotopic (exact) mass is 154 g/mol. The molecule has 64 valence electrons. The summed E-state index contributed by atoms with van der Waals surface area (Å²) < 4.78 is 5.13. The van der Waals surface area contributed by atoms with Crippen molar-refractivity contribution in [2.45, 2.75) is 32.1 Å². The van der Waals surface area contributed by atoms with Gasteiger partial charge in [0.25, 0.3) is 0 Å². The van der Waals surface area contributed by atoms with Crippen LogP contribution in [0.5, 0.6) is 0 Å². The quantitative estimate of drug-likeness (QED) is 0.591. The van der Waals surface area contributed by atoms with Crippen LogP contribution in [0, 0.1) is 17.8 Å². The Kier molecular flexibility index (Phi) is 2.17. The van der Waals surface area contributed by atoms with Crippen LogP contribution < -0.4 is 0 Å². The van der Waals surface area contributed by atoms with Gasteiger partial charge in [-0.3, -0.25) is 0 Å².